The molecule has 2 aromatic rings. The molecule has 0 saturated heterocycles. The molecule has 0 radical (unpaired) electrons. The van der Waals surface area contributed by atoms with Crippen molar-refractivity contribution in [2.75, 3.05) is 18.5 Å². The maximum atomic E-state index is 12.3. The number of aliphatic hydroxyl groups excluding tert-OH is 1. The Balaban J connectivity index is 1.71. The first-order chi connectivity index (χ1) is 12.6. The summed E-state index contributed by atoms with van der Waals surface area (Å²) in [4.78, 5) is 26.1. The van der Waals surface area contributed by atoms with E-state index in [9.17, 15) is 9.59 Å². The number of amides is 2. The molecule has 1 aliphatic rings. The highest BCUT2D eigenvalue weighted by Crippen LogP contribution is 2.31. The molecule has 26 heavy (non-hydrogen) atoms. The van der Waals surface area contributed by atoms with E-state index in [1.54, 1.807) is 11.8 Å². The fourth-order valence-corrected chi connectivity index (χ4v) is 3.58. The average Bonchev–Trinajstić information content (AvgIpc) is 2.90. The Morgan fingerprint density at radius 2 is 1.81 bits per heavy atom. The van der Waals surface area contributed by atoms with Crippen LogP contribution in [0.3, 0.4) is 0 Å². The second-order valence-corrected chi connectivity index (χ2v) is 7.07. The molecule has 0 aliphatic carbocycles. The van der Waals surface area contributed by atoms with Gasteiger partial charge in [-0.05, 0) is 29.8 Å². The monoisotopic (exact) mass is 388 g/mol. The Kier molecular flexibility index (Phi) is 5.98. The van der Waals surface area contributed by atoms with E-state index in [-0.39, 0.29) is 18.8 Å². The molecule has 0 atom stereocenters. The zero-order valence-corrected chi connectivity index (χ0v) is 15.4. The second-order valence-electron chi connectivity index (χ2n) is 5.61. The van der Waals surface area contributed by atoms with E-state index in [1.165, 1.54) is 6.08 Å². The van der Waals surface area contributed by atoms with Crippen LogP contribution in [0.15, 0.2) is 65.2 Å². The largest absolute Gasteiger partial charge is 0.395 e. The van der Waals surface area contributed by atoms with Gasteiger partial charge in [0.1, 0.15) is 5.70 Å². The van der Waals surface area contributed by atoms with E-state index in [2.05, 4.69) is 5.32 Å². The predicted molar refractivity (Wildman–Crippen MR) is 103 cm³/mol. The highest BCUT2D eigenvalue weighted by molar-refractivity contribution is 7.98. The number of imide groups is 1. The van der Waals surface area contributed by atoms with Crippen LogP contribution in [0.1, 0.15) is 5.56 Å². The number of rotatable bonds is 7. The normalized spacial score (nSPS) is 13.9. The van der Waals surface area contributed by atoms with Gasteiger partial charge in [-0.2, -0.15) is 0 Å². The Bertz CT molecular complexity index is 852. The van der Waals surface area contributed by atoms with Crippen molar-refractivity contribution >= 4 is 40.9 Å². The van der Waals surface area contributed by atoms with Crippen LogP contribution in [0.5, 0.6) is 0 Å². The van der Waals surface area contributed by atoms with Gasteiger partial charge in [-0.3, -0.25) is 14.5 Å². The summed E-state index contributed by atoms with van der Waals surface area (Å²) >= 11 is 7.53. The second kappa shape index (κ2) is 8.40. The number of hydrogen-bond acceptors (Lipinski definition) is 5. The van der Waals surface area contributed by atoms with Crippen molar-refractivity contribution in [2.24, 2.45) is 0 Å². The number of carbonyl (C=O) groups excluding carboxylic acids is 2. The molecule has 7 heteroatoms. The molecule has 0 fully saturated rings. The Hall–Kier alpha value is -2.28. The van der Waals surface area contributed by atoms with Gasteiger partial charge in [-0.1, -0.05) is 35.9 Å². The predicted octanol–water partition coefficient (Wildman–Crippen LogP) is 3.29. The minimum absolute atomic E-state index is 0.00763. The first-order valence-electron chi connectivity index (χ1n) is 8.00. The molecule has 0 bridgehead atoms. The van der Waals surface area contributed by atoms with E-state index >= 15 is 0 Å². The molecule has 0 saturated carbocycles. The molecule has 0 spiro atoms. The molecule has 1 heterocycles. The summed E-state index contributed by atoms with van der Waals surface area (Å²) in [5.74, 6) is -0.0993. The summed E-state index contributed by atoms with van der Waals surface area (Å²) in [7, 11) is 0. The van der Waals surface area contributed by atoms with Crippen molar-refractivity contribution < 1.29 is 14.7 Å². The van der Waals surface area contributed by atoms with Gasteiger partial charge in [0.2, 0.25) is 0 Å². The zero-order valence-electron chi connectivity index (χ0n) is 13.8. The molecular weight excluding hydrogens is 372 g/mol. The lowest BCUT2D eigenvalue weighted by Gasteiger charge is -2.15. The molecule has 5 nitrogen and oxygen atoms in total. The highest BCUT2D eigenvalue weighted by Gasteiger charge is 2.30. The summed E-state index contributed by atoms with van der Waals surface area (Å²) in [5, 5.41) is 12.7. The van der Waals surface area contributed by atoms with Crippen molar-refractivity contribution in [1.82, 2.24) is 4.90 Å². The summed E-state index contributed by atoms with van der Waals surface area (Å²) in [6.45, 7) is -0.265. The smallest absolute Gasteiger partial charge is 0.277 e. The SMILES string of the molecule is O=C1C=C(Nc2ccccc2SCc2ccc(Cl)cc2)C(=O)N1CCO. The molecule has 0 unspecified atom stereocenters. The fourth-order valence-electron chi connectivity index (χ4n) is 2.49. The molecule has 0 aromatic heterocycles. The molecule has 2 aromatic carbocycles. The van der Waals surface area contributed by atoms with Crippen molar-refractivity contribution in [3.8, 4) is 0 Å². The van der Waals surface area contributed by atoms with Crippen LogP contribution in [0.2, 0.25) is 5.02 Å². The number of para-hydroxylation sites is 1. The van der Waals surface area contributed by atoms with Crippen molar-refractivity contribution in [2.45, 2.75) is 10.6 Å². The third-order valence-corrected chi connectivity index (χ3v) is 5.19. The summed E-state index contributed by atoms with van der Waals surface area (Å²) in [6.07, 6.45) is 1.26. The van der Waals surface area contributed by atoms with Gasteiger partial charge < -0.3 is 10.4 Å². The molecule has 134 valence electrons. The van der Waals surface area contributed by atoms with Gasteiger partial charge >= 0.3 is 0 Å². The van der Waals surface area contributed by atoms with Crippen LogP contribution in [-0.2, 0) is 15.3 Å². The third kappa shape index (κ3) is 4.27. The lowest BCUT2D eigenvalue weighted by Crippen LogP contribution is -2.34. The standard InChI is InChI=1S/C19H17ClN2O3S/c20-14-7-5-13(6-8-14)12-26-17-4-2-1-3-15(17)21-16-11-18(24)22(9-10-23)19(16)25/h1-8,11,21,23H,9-10,12H2. The van der Waals surface area contributed by atoms with E-state index in [1.807, 2.05) is 48.5 Å². The number of aliphatic hydroxyl groups is 1. The average molecular weight is 389 g/mol. The maximum Gasteiger partial charge on any atom is 0.277 e. The maximum absolute atomic E-state index is 12.3. The number of nitrogens with one attached hydrogen (secondary N) is 1. The van der Waals surface area contributed by atoms with Crippen LogP contribution < -0.4 is 5.32 Å². The van der Waals surface area contributed by atoms with Crippen LogP contribution in [0, 0.1) is 0 Å². The fraction of sp³-hybridized carbons (Fsp3) is 0.158. The Morgan fingerprint density at radius 3 is 2.54 bits per heavy atom. The van der Waals surface area contributed by atoms with Gasteiger partial charge in [0, 0.05) is 21.7 Å². The number of carbonyl (C=O) groups is 2. The van der Waals surface area contributed by atoms with Crippen LogP contribution in [0.25, 0.3) is 0 Å². The molecule has 1 aliphatic heterocycles. The molecule has 2 N–H and O–H groups in total. The van der Waals surface area contributed by atoms with Gasteiger partial charge in [0.15, 0.2) is 0 Å². The van der Waals surface area contributed by atoms with Crippen LogP contribution >= 0.6 is 23.4 Å². The lowest BCUT2D eigenvalue weighted by molar-refractivity contribution is -0.137. The zero-order chi connectivity index (χ0) is 18.5. The topological polar surface area (TPSA) is 69.6 Å². The van der Waals surface area contributed by atoms with Gasteiger partial charge in [0.05, 0.1) is 18.8 Å². The van der Waals surface area contributed by atoms with Crippen molar-refractivity contribution in [3.05, 3.63) is 70.9 Å². The molecule has 3 rings (SSSR count). The van der Waals surface area contributed by atoms with E-state index in [0.717, 1.165) is 26.8 Å². The van der Waals surface area contributed by atoms with Gasteiger partial charge in [-0.25, -0.2) is 0 Å². The number of benzene rings is 2. The molecular formula is C19H17ClN2O3S. The number of anilines is 1. The Labute approximate surface area is 160 Å². The summed E-state index contributed by atoms with van der Waals surface area (Å²) < 4.78 is 0. The van der Waals surface area contributed by atoms with E-state index < -0.39 is 11.8 Å². The van der Waals surface area contributed by atoms with E-state index in [0.29, 0.717) is 5.02 Å². The minimum Gasteiger partial charge on any atom is -0.395 e. The summed E-state index contributed by atoms with van der Waals surface area (Å²) in [6, 6.07) is 15.2. The van der Waals surface area contributed by atoms with Crippen molar-refractivity contribution in [3.63, 3.8) is 0 Å². The lowest BCUT2D eigenvalue weighted by atomic mass is 10.2. The first kappa shape index (κ1) is 18.5. The first-order valence-corrected chi connectivity index (χ1v) is 9.36. The van der Waals surface area contributed by atoms with Crippen LogP contribution in [-0.4, -0.2) is 35.0 Å². The van der Waals surface area contributed by atoms with E-state index in [4.69, 9.17) is 16.7 Å². The highest BCUT2D eigenvalue weighted by atomic mass is 35.5. The number of β-amino-alcohol motifs (C(OH)–C–C–N with tert-alkyl or cyclic N) is 1. The van der Waals surface area contributed by atoms with Crippen LogP contribution in [0.4, 0.5) is 5.69 Å². The minimum atomic E-state index is -0.429. The van der Waals surface area contributed by atoms with Gasteiger partial charge in [0.25, 0.3) is 11.8 Å². The quantitative estimate of drug-likeness (QED) is 0.562. The third-order valence-electron chi connectivity index (χ3n) is 3.80. The number of thioether (sulfide) groups is 1. The number of hydrogen-bond donors (Lipinski definition) is 2. The number of halogens is 1. The number of nitrogens with zero attached hydrogens (tertiary/aromatic N) is 1. The molecule has 2 amide bonds. The van der Waals surface area contributed by atoms with Gasteiger partial charge in [-0.15, -0.1) is 11.8 Å². The van der Waals surface area contributed by atoms with Crippen molar-refractivity contribution in [1.29, 1.82) is 0 Å². The Morgan fingerprint density at radius 1 is 1.08 bits per heavy atom. The summed E-state index contributed by atoms with van der Waals surface area (Å²) in [5.41, 5.74) is 2.10.